The number of ether oxygens (including phenoxy) is 1. The fourth-order valence-electron chi connectivity index (χ4n) is 4.83. The van der Waals surface area contributed by atoms with Crippen LogP contribution in [0.1, 0.15) is 56.0 Å². The van der Waals surface area contributed by atoms with Crippen LogP contribution in [-0.2, 0) is 11.3 Å². The van der Waals surface area contributed by atoms with Gasteiger partial charge in [-0.2, -0.15) is 0 Å². The van der Waals surface area contributed by atoms with Crippen molar-refractivity contribution in [3.63, 3.8) is 0 Å². The van der Waals surface area contributed by atoms with Gasteiger partial charge in [-0.05, 0) is 48.2 Å². The number of nitrogens with zero attached hydrogens (tertiary/aromatic N) is 3. The molecule has 0 unspecified atom stereocenters. The highest BCUT2D eigenvalue weighted by Gasteiger charge is 2.36. The molecule has 3 aromatic carbocycles. The molecule has 1 atom stereocenters. The molecule has 0 radical (unpaired) electrons. The van der Waals surface area contributed by atoms with Crippen molar-refractivity contribution >= 4 is 22.6 Å². The highest BCUT2D eigenvalue weighted by molar-refractivity contribution is 5.97. The first-order chi connectivity index (χ1) is 16.5. The molecule has 0 saturated carbocycles. The maximum Gasteiger partial charge on any atom is 0.227 e. The Bertz CT molecular complexity index is 1310. The molecule has 0 N–H and O–H groups in total. The van der Waals surface area contributed by atoms with Gasteiger partial charge in [0.15, 0.2) is 0 Å². The second-order valence-corrected chi connectivity index (χ2v) is 9.25. The van der Waals surface area contributed by atoms with Gasteiger partial charge in [-0.15, -0.1) is 0 Å². The Morgan fingerprint density at radius 1 is 1.00 bits per heavy atom. The number of hydrogen-bond acceptors (Lipinski definition) is 3. The molecule has 5 rings (SSSR count). The molecule has 174 valence electrons. The zero-order valence-electron chi connectivity index (χ0n) is 20.1. The smallest absolute Gasteiger partial charge is 0.227 e. The van der Waals surface area contributed by atoms with Crippen molar-refractivity contribution < 1.29 is 9.53 Å². The van der Waals surface area contributed by atoms with Crippen molar-refractivity contribution in [1.82, 2.24) is 9.55 Å². The standard InChI is InChI=1S/C29H31N3O2/c1-4-34-27-12-8-7-11-26(27)31-19-23(17-28(31)33)29-30-24-9-5-6-10-25(24)32(29)18-21-13-15-22(16-14-21)20(2)3/h5-16,20,23H,4,17-19H2,1-3H3/t23-/m1/s1. The average Bonchev–Trinajstić information content (AvgIpc) is 3.40. The van der Waals surface area contributed by atoms with Crippen LogP contribution in [0.5, 0.6) is 5.75 Å². The Balaban J connectivity index is 1.49. The molecule has 1 aliphatic heterocycles. The van der Waals surface area contributed by atoms with E-state index < -0.39 is 0 Å². The average molecular weight is 454 g/mol. The molecular weight excluding hydrogens is 422 g/mol. The third kappa shape index (κ3) is 4.18. The molecule has 5 nitrogen and oxygen atoms in total. The van der Waals surface area contributed by atoms with Crippen LogP contribution >= 0.6 is 0 Å². The third-order valence-electron chi connectivity index (χ3n) is 6.62. The molecule has 1 amide bonds. The Hall–Kier alpha value is -3.60. The van der Waals surface area contributed by atoms with Crippen LogP contribution in [-0.4, -0.2) is 28.6 Å². The largest absolute Gasteiger partial charge is 0.492 e. The second kappa shape index (κ2) is 9.34. The lowest BCUT2D eigenvalue weighted by atomic mass is 10.0. The van der Waals surface area contributed by atoms with Crippen LogP contribution in [0, 0.1) is 0 Å². The number of carbonyl (C=O) groups is 1. The Morgan fingerprint density at radius 3 is 2.50 bits per heavy atom. The summed E-state index contributed by atoms with van der Waals surface area (Å²) in [5.41, 5.74) is 5.48. The lowest BCUT2D eigenvalue weighted by molar-refractivity contribution is -0.117. The van der Waals surface area contributed by atoms with E-state index in [1.165, 1.54) is 11.1 Å². The number of hydrogen-bond donors (Lipinski definition) is 0. The molecule has 0 aliphatic carbocycles. The van der Waals surface area contributed by atoms with Crippen molar-refractivity contribution in [2.75, 3.05) is 18.1 Å². The SMILES string of the molecule is CCOc1ccccc1N1C[C@H](c2nc3ccccc3n2Cc2ccc(C(C)C)cc2)CC1=O. The number of carbonyl (C=O) groups excluding carboxylic acids is 1. The zero-order chi connectivity index (χ0) is 23.7. The number of fused-ring (bicyclic) bond motifs is 1. The van der Waals surface area contributed by atoms with E-state index in [9.17, 15) is 4.79 Å². The van der Waals surface area contributed by atoms with Gasteiger partial charge in [-0.25, -0.2) is 4.98 Å². The van der Waals surface area contributed by atoms with E-state index in [-0.39, 0.29) is 11.8 Å². The van der Waals surface area contributed by atoms with Crippen molar-refractivity contribution in [3.05, 3.63) is 89.7 Å². The molecule has 1 saturated heterocycles. The minimum Gasteiger partial charge on any atom is -0.492 e. The minimum absolute atomic E-state index is 0.0181. The van der Waals surface area contributed by atoms with Crippen molar-refractivity contribution in [2.45, 2.75) is 45.6 Å². The fraction of sp³-hybridized carbons (Fsp3) is 0.310. The Kier molecular flexibility index (Phi) is 6.10. The van der Waals surface area contributed by atoms with Gasteiger partial charge in [0.2, 0.25) is 5.91 Å². The molecule has 1 aliphatic rings. The van der Waals surface area contributed by atoms with Gasteiger partial charge in [0.1, 0.15) is 11.6 Å². The lowest BCUT2D eigenvalue weighted by Gasteiger charge is -2.20. The number of imidazole rings is 1. The van der Waals surface area contributed by atoms with Gasteiger partial charge >= 0.3 is 0 Å². The third-order valence-corrected chi connectivity index (χ3v) is 6.62. The van der Waals surface area contributed by atoms with E-state index in [0.29, 0.717) is 25.5 Å². The topological polar surface area (TPSA) is 47.4 Å². The predicted octanol–water partition coefficient (Wildman–Crippen LogP) is 6.13. The summed E-state index contributed by atoms with van der Waals surface area (Å²) >= 11 is 0. The number of para-hydroxylation sites is 4. The molecule has 0 spiro atoms. The summed E-state index contributed by atoms with van der Waals surface area (Å²) in [5.74, 6) is 2.35. The van der Waals surface area contributed by atoms with E-state index in [1.807, 2.05) is 42.2 Å². The molecule has 1 fully saturated rings. The van der Waals surface area contributed by atoms with Crippen LogP contribution in [0.4, 0.5) is 5.69 Å². The van der Waals surface area contributed by atoms with Gasteiger partial charge in [0.05, 0.1) is 23.3 Å². The van der Waals surface area contributed by atoms with Crippen LogP contribution in [0.15, 0.2) is 72.8 Å². The Labute approximate surface area is 201 Å². The molecule has 4 aromatic rings. The molecule has 0 bridgehead atoms. The lowest BCUT2D eigenvalue weighted by Crippen LogP contribution is -2.25. The second-order valence-electron chi connectivity index (χ2n) is 9.25. The number of rotatable bonds is 7. The van der Waals surface area contributed by atoms with E-state index in [1.54, 1.807) is 0 Å². The van der Waals surface area contributed by atoms with Crippen LogP contribution in [0.25, 0.3) is 11.0 Å². The zero-order valence-corrected chi connectivity index (χ0v) is 20.1. The number of amides is 1. The van der Waals surface area contributed by atoms with Gasteiger partial charge in [-0.1, -0.05) is 62.4 Å². The van der Waals surface area contributed by atoms with Crippen molar-refractivity contribution in [3.8, 4) is 5.75 Å². The van der Waals surface area contributed by atoms with E-state index in [2.05, 4.69) is 60.9 Å². The van der Waals surface area contributed by atoms with E-state index in [0.717, 1.165) is 34.8 Å². The van der Waals surface area contributed by atoms with E-state index >= 15 is 0 Å². The maximum atomic E-state index is 13.1. The fourth-order valence-corrected chi connectivity index (χ4v) is 4.83. The summed E-state index contributed by atoms with van der Waals surface area (Å²) in [6, 6.07) is 24.9. The van der Waals surface area contributed by atoms with E-state index in [4.69, 9.17) is 9.72 Å². The highest BCUT2D eigenvalue weighted by atomic mass is 16.5. The normalized spacial score (nSPS) is 16.1. The van der Waals surface area contributed by atoms with Gasteiger partial charge in [0.25, 0.3) is 0 Å². The molecule has 2 heterocycles. The summed E-state index contributed by atoms with van der Waals surface area (Å²) in [6.45, 7) is 8.27. The molecule has 1 aromatic heterocycles. The molecule has 5 heteroatoms. The number of benzene rings is 3. The number of aromatic nitrogens is 2. The molecule has 34 heavy (non-hydrogen) atoms. The highest BCUT2D eigenvalue weighted by Crippen LogP contribution is 2.37. The van der Waals surface area contributed by atoms with Crippen LogP contribution in [0.3, 0.4) is 0 Å². The Morgan fingerprint density at radius 2 is 1.74 bits per heavy atom. The van der Waals surface area contributed by atoms with Gasteiger partial charge < -0.3 is 14.2 Å². The predicted molar refractivity (Wildman–Crippen MR) is 137 cm³/mol. The minimum atomic E-state index is 0.0181. The summed E-state index contributed by atoms with van der Waals surface area (Å²) in [4.78, 5) is 20.0. The van der Waals surface area contributed by atoms with Gasteiger partial charge in [-0.3, -0.25) is 4.79 Å². The first-order valence-electron chi connectivity index (χ1n) is 12.1. The van der Waals surface area contributed by atoms with Crippen molar-refractivity contribution in [2.24, 2.45) is 0 Å². The first kappa shape index (κ1) is 22.2. The summed E-state index contributed by atoms with van der Waals surface area (Å²) < 4.78 is 8.09. The van der Waals surface area contributed by atoms with Gasteiger partial charge in [0, 0.05) is 25.4 Å². The van der Waals surface area contributed by atoms with Crippen LogP contribution < -0.4 is 9.64 Å². The molecular formula is C29H31N3O2. The monoisotopic (exact) mass is 453 g/mol. The summed E-state index contributed by atoms with van der Waals surface area (Å²) in [7, 11) is 0. The summed E-state index contributed by atoms with van der Waals surface area (Å²) in [5, 5.41) is 0. The summed E-state index contributed by atoms with van der Waals surface area (Å²) in [6.07, 6.45) is 0.441. The number of anilines is 1. The van der Waals surface area contributed by atoms with Crippen LogP contribution in [0.2, 0.25) is 0 Å². The quantitative estimate of drug-likeness (QED) is 0.338. The maximum absolute atomic E-state index is 13.1. The first-order valence-corrected chi connectivity index (χ1v) is 12.1. The van der Waals surface area contributed by atoms with Crippen molar-refractivity contribution in [1.29, 1.82) is 0 Å².